The van der Waals surface area contributed by atoms with Crippen LogP contribution in [0.25, 0.3) is 0 Å². The van der Waals surface area contributed by atoms with Gasteiger partial charge in [-0.3, -0.25) is 9.59 Å². The van der Waals surface area contributed by atoms with Crippen LogP contribution in [0, 0.1) is 5.92 Å². The average Bonchev–Trinajstić information content (AvgIpc) is 3.20. The first-order valence-corrected chi connectivity index (χ1v) is 7.86. The number of aromatic amines is 1. The number of nitrogens with one attached hydrogen (secondary N) is 2. The summed E-state index contributed by atoms with van der Waals surface area (Å²) >= 11 is 3.31. The maximum absolute atomic E-state index is 12.0. The SMILES string of the molecule is O=C(NC1CCN(C(=O)C2CC2)CC1)c1cc(Br)c[nH]1. The second-order valence-corrected chi connectivity index (χ2v) is 6.49. The normalized spacial score (nSPS) is 19.9. The second-order valence-electron chi connectivity index (χ2n) is 5.58. The molecule has 0 atom stereocenters. The Morgan fingerprint density at radius 3 is 2.50 bits per heavy atom. The van der Waals surface area contributed by atoms with E-state index >= 15 is 0 Å². The van der Waals surface area contributed by atoms with Crippen LogP contribution in [0.4, 0.5) is 0 Å². The zero-order valence-corrected chi connectivity index (χ0v) is 12.8. The van der Waals surface area contributed by atoms with E-state index < -0.39 is 0 Å². The highest BCUT2D eigenvalue weighted by Gasteiger charge is 2.35. The van der Waals surface area contributed by atoms with E-state index in [1.165, 1.54) is 0 Å². The molecule has 1 aliphatic heterocycles. The summed E-state index contributed by atoms with van der Waals surface area (Å²) in [5.41, 5.74) is 0.563. The van der Waals surface area contributed by atoms with Gasteiger partial charge in [-0.05, 0) is 47.7 Å². The number of likely N-dealkylation sites (tertiary alicyclic amines) is 1. The van der Waals surface area contributed by atoms with Crippen molar-refractivity contribution in [1.29, 1.82) is 0 Å². The minimum absolute atomic E-state index is 0.0809. The number of H-pyrrole nitrogens is 1. The molecule has 0 unspecified atom stereocenters. The third-order valence-corrected chi connectivity index (χ3v) is 4.42. The largest absolute Gasteiger partial charge is 0.356 e. The molecule has 0 aromatic carbocycles. The number of halogens is 1. The van der Waals surface area contributed by atoms with Gasteiger partial charge in [0.15, 0.2) is 0 Å². The number of hydrogen-bond donors (Lipinski definition) is 2. The third-order valence-electron chi connectivity index (χ3n) is 3.96. The van der Waals surface area contributed by atoms with Crippen molar-refractivity contribution < 1.29 is 9.59 Å². The lowest BCUT2D eigenvalue weighted by Gasteiger charge is -2.32. The van der Waals surface area contributed by atoms with Gasteiger partial charge < -0.3 is 15.2 Å². The van der Waals surface area contributed by atoms with E-state index in [2.05, 4.69) is 26.2 Å². The van der Waals surface area contributed by atoms with Gasteiger partial charge in [0.05, 0.1) is 0 Å². The molecule has 2 heterocycles. The molecule has 0 bridgehead atoms. The van der Waals surface area contributed by atoms with Gasteiger partial charge in [-0.15, -0.1) is 0 Å². The van der Waals surface area contributed by atoms with Crippen LogP contribution in [0.2, 0.25) is 0 Å². The Morgan fingerprint density at radius 2 is 1.95 bits per heavy atom. The number of nitrogens with zero attached hydrogens (tertiary/aromatic N) is 1. The number of amides is 2. The quantitative estimate of drug-likeness (QED) is 0.883. The van der Waals surface area contributed by atoms with Gasteiger partial charge >= 0.3 is 0 Å². The lowest BCUT2D eigenvalue weighted by atomic mass is 10.0. The van der Waals surface area contributed by atoms with Crippen LogP contribution in [-0.2, 0) is 4.79 Å². The zero-order chi connectivity index (χ0) is 14.1. The van der Waals surface area contributed by atoms with Crippen molar-refractivity contribution >= 4 is 27.7 Å². The molecule has 3 rings (SSSR count). The molecule has 1 aliphatic carbocycles. The van der Waals surface area contributed by atoms with Crippen LogP contribution < -0.4 is 5.32 Å². The van der Waals surface area contributed by atoms with Crippen LogP contribution in [0.3, 0.4) is 0 Å². The fourth-order valence-corrected chi connectivity index (χ4v) is 2.94. The Hall–Kier alpha value is -1.30. The molecule has 5 nitrogen and oxygen atoms in total. The first kappa shape index (κ1) is 13.7. The van der Waals surface area contributed by atoms with E-state index in [0.29, 0.717) is 11.6 Å². The Bertz CT molecular complexity index is 516. The molecule has 2 amide bonds. The zero-order valence-electron chi connectivity index (χ0n) is 11.2. The fraction of sp³-hybridized carbons (Fsp3) is 0.571. The molecule has 1 saturated carbocycles. The molecule has 0 spiro atoms. The molecule has 1 aromatic rings. The number of piperidine rings is 1. The predicted molar refractivity (Wildman–Crippen MR) is 78.3 cm³/mol. The predicted octanol–water partition coefficient (Wildman–Crippen LogP) is 1.91. The summed E-state index contributed by atoms with van der Waals surface area (Å²) in [7, 11) is 0. The minimum Gasteiger partial charge on any atom is -0.356 e. The standard InChI is InChI=1S/C14H18BrN3O2/c15-10-7-12(16-8-10)13(19)17-11-3-5-18(6-4-11)14(20)9-1-2-9/h7-9,11,16H,1-6H2,(H,17,19). The van der Waals surface area contributed by atoms with Crippen molar-refractivity contribution in [1.82, 2.24) is 15.2 Å². The van der Waals surface area contributed by atoms with Gasteiger partial charge in [0, 0.05) is 35.7 Å². The molecular formula is C14H18BrN3O2. The van der Waals surface area contributed by atoms with Crippen molar-refractivity contribution in [3.05, 3.63) is 22.4 Å². The summed E-state index contributed by atoms with van der Waals surface area (Å²) in [5.74, 6) is 0.517. The van der Waals surface area contributed by atoms with Gasteiger partial charge in [0.2, 0.25) is 5.91 Å². The number of aromatic nitrogens is 1. The molecule has 0 radical (unpaired) electrons. The molecule has 20 heavy (non-hydrogen) atoms. The van der Waals surface area contributed by atoms with Crippen LogP contribution in [0.15, 0.2) is 16.7 Å². The monoisotopic (exact) mass is 339 g/mol. The highest BCUT2D eigenvalue weighted by molar-refractivity contribution is 9.10. The summed E-state index contributed by atoms with van der Waals surface area (Å²) in [6, 6.07) is 1.92. The molecular weight excluding hydrogens is 322 g/mol. The maximum Gasteiger partial charge on any atom is 0.267 e. The number of carbonyl (C=O) groups excluding carboxylic acids is 2. The Morgan fingerprint density at radius 1 is 1.25 bits per heavy atom. The van der Waals surface area contributed by atoms with E-state index in [-0.39, 0.29) is 17.9 Å². The highest BCUT2D eigenvalue weighted by Crippen LogP contribution is 2.31. The van der Waals surface area contributed by atoms with Gasteiger partial charge in [0.25, 0.3) is 5.91 Å². The average molecular weight is 340 g/mol. The van der Waals surface area contributed by atoms with E-state index in [0.717, 1.165) is 43.2 Å². The van der Waals surface area contributed by atoms with Gasteiger partial charge in [0.1, 0.15) is 5.69 Å². The van der Waals surface area contributed by atoms with Crippen molar-refractivity contribution in [3.63, 3.8) is 0 Å². The number of rotatable bonds is 3. The van der Waals surface area contributed by atoms with E-state index in [1.54, 1.807) is 12.3 Å². The first-order chi connectivity index (χ1) is 9.63. The Balaban J connectivity index is 1.48. The van der Waals surface area contributed by atoms with Crippen molar-refractivity contribution in [2.75, 3.05) is 13.1 Å². The summed E-state index contributed by atoms with van der Waals surface area (Å²) < 4.78 is 0.868. The Kier molecular flexibility index (Phi) is 3.83. The molecule has 1 saturated heterocycles. The molecule has 2 fully saturated rings. The van der Waals surface area contributed by atoms with Crippen LogP contribution in [0.5, 0.6) is 0 Å². The third kappa shape index (κ3) is 3.06. The van der Waals surface area contributed by atoms with Crippen molar-refractivity contribution in [2.45, 2.75) is 31.7 Å². The molecule has 2 aliphatic rings. The molecule has 2 N–H and O–H groups in total. The molecule has 1 aromatic heterocycles. The topological polar surface area (TPSA) is 65.2 Å². The van der Waals surface area contributed by atoms with Gasteiger partial charge in [-0.1, -0.05) is 0 Å². The minimum atomic E-state index is -0.0809. The number of carbonyl (C=O) groups is 2. The maximum atomic E-state index is 12.0. The fourth-order valence-electron chi connectivity index (χ4n) is 2.59. The number of hydrogen-bond acceptors (Lipinski definition) is 2. The van der Waals surface area contributed by atoms with Crippen LogP contribution >= 0.6 is 15.9 Å². The van der Waals surface area contributed by atoms with E-state index in [4.69, 9.17) is 0 Å². The molecule has 6 heteroatoms. The summed E-state index contributed by atoms with van der Waals surface area (Å²) in [4.78, 5) is 28.8. The molecule has 108 valence electrons. The van der Waals surface area contributed by atoms with Crippen molar-refractivity contribution in [3.8, 4) is 0 Å². The van der Waals surface area contributed by atoms with Crippen LogP contribution in [0.1, 0.15) is 36.2 Å². The summed E-state index contributed by atoms with van der Waals surface area (Å²) in [6.45, 7) is 1.52. The Labute approximate surface area is 126 Å². The summed E-state index contributed by atoms with van der Waals surface area (Å²) in [5, 5.41) is 3.02. The van der Waals surface area contributed by atoms with E-state index in [1.807, 2.05) is 4.90 Å². The second kappa shape index (κ2) is 5.60. The van der Waals surface area contributed by atoms with E-state index in [9.17, 15) is 9.59 Å². The highest BCUT2D eigenvalue weighted by atomic mass is 79.9. The lowest BCUT2D eigenvalue weighted by Crippen LogP contribution is -2.47. The van der Waals surface area contributed by atoms with Crippen LogP contribution in [-0.4, -0.2) is 40.8 Å². The summed E-state index contributed by atoms with van der Waals surface area (Å²) in [6.07, 6.45) is 5.53. The van der Waals surface area contributed by atoms with Crippen molar-refractivity contribution in [2.24, 2.45) is 5.92 Å². The first-order valence-electron chi connectivity index (χ1n) is 7.07. The van der Waals surface area contributed by atoms with Gasteiger partial charge in [-0.25, -0.2) is 0 Å². The van der Waals surface area contributed by atoms with Gasteiger partial charge in [-0.2, -0.15) is 0 Å². The smallest absolute Gasteiger partial charge is 0.267 e. The lowest BCUT2D eigenvalue weighted by molar-refractivity contribution is -0.133.